The van der Waals surface area contributed by atoms with E-state index in [9.17, 15) is 0 Å². The van der Waals surface area contributed by atoms with Gasteiger partial charge in [0.05, 0.1) is 12.3 Å². The summed E-state index contributed by atoms with van der Waals surface area (Å²) >= 11 is 0. The fraction of sp³-hybridized carbons (Fsp3) is 0.444. The molecule has 0 bridgehead atoms. The highest BCUT2D eigenvalue weighted by Gasteiger charge is 2.25. The molecule has 1 aromatic heterocycles. The SMILES string of the molecule is CCC(N)C(c1ccco1)N(C)CCCc1ccccc1. The van der Waals surface area contributed by atoms with Gasteiger partial charge in [0.25, 0.3) is 0 Å². The van der Waals surface area contributed by atoms with E-state index >= 15 is 0 Å². The summed E-state index contributed by atoms with van der Waals surface area (Å²) in [5.74, 6) is 0.964. The molecule has 21 heavy (non-hydrogen) atoms. The van der Waals surface area contributed by atoms with Crippen LogP contribution in [0.15, 0.2) is 53.1 Å². The molecule has 2 atom stereocenters. The number of rotatable bonds is 8. The summed E-state index contributed by atoms with van der Waals surface area (Å²) in [7, 11) is 2.13. The highest BCUT2D eigenvalue weighted by molar-refractivity contribution is 5.14. The maximum Gasteiger partial charge on any atom is 0.122 e. The molecule has 0 saturated heterocycles. The van der Waals surface area contributed by atoms with Gasteiger partial charge in [-0.3, -0.25) is 4.90 Å². The van der Waals surface area contributed by atoms with Crippen molar-refractivity contribution in [2.24, 2.45) is 5.73 Å². The molecule has 2 aromatic rings. The summed E-state index contributed by atoms with van der Waals surface area (Å²) in [5, 5.41) is 0. The van der Waals surface area contributed by atoms with Crippen LogP contribution in [0.4, 0.5) is 0 Å². The van der Waals surface area contributed by atoms with Gasteiger partial charge in [0, 0.05) is 6.04 Å². The van der Waals surface area contributed by atoms with Gasteiger partial charge in [-0.2, -0.15) is 0 Å². The van der Waals surface area contributed by atoms with E-state index in [4.69, 9.17) is 10.2 Å². The third-order valence-corrected chi connectivity index (χ3v) is 4.01. The van der Waals surface area contributed by atoms with Crippen molar-refractivity contribution in [3.8, 4) is 0 Å². The van der Waals surface area contributed by atoms with Gasteiger partial charge in [0.1, 0.15) is 5.76 Å². The van der Waals surface area contributed by atoms with Crippen molar-refractivity contribution in [3.63, 3.8) is 0 Å². The molecule has 2 unspecified atom stereocenters. The Morgan fingerprint density at radius 1 is 1.14 bits per heavy atom. The van der Waals surface area contributed by atoms with Gasteiger partial charge in [-0.1, -0.05) is 37.3 Å². The Hall–Kier alpha value is -1.58. The summed E-state index contributed by atoms with van der Waals surface area (Å²) in [6.45, 7) is 3.13. The Morgan fingerprint density at radius 2 is 1.90 bits per heavy atom. The number of nitrogens with two attached hydrogens (primary N) is 1. The van der Waals surface area contributed by atoms with E-state index in [2.05, 4.69) is 49.2 Å². The van der Waals surface area contributed by atoms with Crippen molar-refractivity contribution in [1.82, 2.24) is 4.90 Å². The molecule has 1 heterocycles. The number of furan rings is 1. The molecule has 1 aromatic carbocycles. The van der Waals surface area contributed by atoms with Gasteiger partial charge in [0.2, 0.25) is 0 Å². The lowest BCUT2D eigenvalue weighted by atomic mass is 10.0. The first kappa shape index (κ1) is 15.8. The van der Waals surface area contributed by atoms with Gasteiger partial charge >= 0.3 is 0 Å². The van der Waals surface area contributed by atoms with Gasteiger partial charge in [0.15, 0.2) is 0 Å². The monoisotopic (exact) mass is 286 g/mol. The molecule has 0 radical (unpaired) electrons. The number of nitrogens with zero attached hydrogens (tertiary/aromatic N) is 1. The minimum atomic E-state index is 0.0953. The van der Waals surface area contributed by atoms with Crippen molar-refractivity contribution >= 4 is 0 Å². The Balaban J connectivity index is 1.91. The van der Waals surface area contributed by atoms with E-state index in [0.717, 1.165) is 31.6 Å². The van der Waals surface area contributed by atoms with Crippen molar-refractivity contribution in [3.05, 3.63) is 60.1 Å². The third kappa shape index (κ3) is 4.45. The predicted octanol–water partition coefficient (Wildman–Crippen LogP) is 3.62. The zero-order valence-electron chi connectivity index (χ0n) is 13.0. The van der Waals surface area contributed by atoms with E-state index in [1.54, 1.807) is 6.26 Å². The van der Waals surface area contributed by atoms with Gasteiger partial charge < -0.3 is 10.2 Å². The van der Waals surface area contributed by atoms with Gasteiger partial charge in [-0.05, 0) is 50.6 Å². The first-order valence-corrected chi connectivity index (χ1v) is 7.75. The van der Waals surface area contributed by atoms with Crippen LogP contribution in [0.25, 0.3) is 0 Å². The van der Waals surface area contributed by atoms with Crippen molar-refractivity contribution in [2.75, 3.05) is 13.6 Å². The van der Waals surface area contributed by atoms with Crippen LogP contribution in [0.3, 0.4) is 0 Å². The molecule has 114 valence electrons. The lowest BCUT2D eigenvalue weighted by Crippen LogP contribution is -2.39. The number of hydrogen-bond donors (Lipinski definition) is 1. The summed E-state index contributed by atoms with van der Waals surface area (Å²) in [6, 6.07) is 14.8. The second-order valence-corrected chi connectivity index (χ2v) is 5.60. The van der Waals surface area contributed by atoms with E-state index in [-0.39, 0.29) is 12.1 Å². The Labute approximate surface area is 127 Å². The minimum Gasteiger partial charge on any atom is -0.468 e. The van der Waals surface area contributed by atoms with E-state index in [1.165, 1.54) is 5.56 Å². The topological polar surface area (TPSA) is 42.4 Å². The van der Waals surface area contributed by atoms with Crippen LogP contribution in [-0.2, 0) is 6.42 Å². The number of benzene rings is 1. The molecule has 3 heteroatoms. The smallest absolute Gasteiger partial charge is 0.122 e. The van der Waals surface area contributed by atoms with E-state index in [1.807, 2.05) is 12.1 Å². The largest absolute Gasteiger partial charge is 0.468 e. The normalized spacial score (nSPS) is 14.3. The number of likely N-dealkylation sites (N-methyl/N-ethyl adjacent to an activating group) is 1. The summed E-state index contributed by atoms with van der Waals surface area (Å²) in [6.07, 6.45) is 4.88. The first-order valence-electron chi connectivity index (χ1n) is 7.75. The van der Waals surface area contributed by atoms with Crippen molar-refractivity contribution < 1.29 is 4.42 Å². The second kappa shape index (κ2) is 8.01. The average Bonchev–Trinajstić information content (AvgIpc) is 3.02. The molecule has 0 fully saturated rings. The summed E-state index contributed by atoms with van der Waals surface area (Å²) < 4.78 is 5.58. The molecule has 0 saturated carbocycles. The lowest BCUT2D eigenvalue weighted by Gasteiger charge is -2.30. The molecule has 2 rings (SSSR count). The number of aryl methyl sites for hydroxylation is 1. The zero-order chi connectivity index (χ0) is 15.1. The Kier molecular flexibility index (Phi) is 6.03. The molecular formula is C18H26N2O. The fourth-order valence-corrected chi connectivity index (χ4v) is 2.75. The molecule has 0 amide bonds. The Morgan fingerprint density at radius 3 is 2.52 bits per heavy atom. The molecule has 2 N–H and O–H groups in total. The first-order chi connectivity index (χ1) is 10.2. The van der Waals surface area contributed by atoms with Crippen LogP contribution < -0.4 is 5.73 Å². The van der Waals surface area contributed by atoms with Crippen molar-refractivity contribution in [1.29, 1.82) is 0 Å². The van der Waals surface area contributed by atoms with Crippen molar-refractivity contribution in [2.45, 2.75) is 38.3 Å². The van der Waals surface area contributed by atoms with Gasteiger partial charge in [-0.25, -0.2) is 0 Å². The quantitative estimate of drug-likeness (QED) is 0.806. The zero-order valence-corrected chi connectivity index (χ0v) is 13.0. The fourth-order valence-electron chi connectivity index (χ4n) is 2.75. The molecule has 3 nitrogen and oxygen atoms in total. The van der Waals surface area contributed by atoms with E-state index < -0.39 is 0 Å². The maximum atomic E-state index is 6.29. The lowest BCUT2D eigenvalue weighted by molar-refractivity contribution is 0.181. The van der Waals surface area contributed by atoms with Crippen LogP contribution in [0.2, 0.25) is 0 Å². The van der Waals surface area contributed by atoms with Crippen LogP contribution >= 0.6 is 0 Å². The molecular weight excluding hydrogens is 260 g/mol. The standard InChI is InChI=1S/C18H26N2O/c1-3-16(19)18(17-12-8-14-21-17)20(2)13-7-11-15-9-5-4-6-10-15/h4-6,8-10,12,14,16,18H,3,7,11,13,19H2,1-2H3. The Bertz CT molecular complexity index is 495. The van der Waals surface area contributed by atoms with E-state index in [0.29, 0.717) is 0 Å². The minimum absolute atomic E-state index is 0.0953. The predicted molar refractivity (Wildman–Crippen MR) is 87.1 cm³/mol. The highest BCUT2D eigenvalue weighted by atomic mass is 16.3. The van der Waals surface area contributed by atoms with Crippen LogP contribution in [0.1, 0.15) is 37.1 Å². The maximum absolute atomic E-state index is 6.29. The van der Waals surface area contributed by atoms with Gasteiger partial charge in [-0.15, -0.1) is 0 Å². The molecule has 0 spiro atoms. The summed E-state index contributed by atoms with van der Waals surface area (Å²) in [4.78, 5) is 2.32. The van der Waals surface area contributed by atoms with Crippen LogP contribution in [0, 0.1) is 0 Å². The molecule has 0 aliphatic heterocycles. The molecule has 0 aliphatic carbocycles. The third-order valence-electron chi connectivity index (χ3n) is 4.01. The van der Waals surface area contributed by atoms with Crippen LogP contribution in [0.5, 0.6) is 0 Å². The number of hydrogen-bond acceptors (Lipinski definition) is 3. The highest BCUT2D eigenvalue weighted by Crippen LogP contribution is 2.24. The van der Waals surface area contributed by atoms with Crippen LogP contribution in [-0.4, -0.2) is 24.5 Å². The second-order valence-electron chi connectivity index (χ2n) is 5.60. The molecule has 0 aliphatic rings. The summed E-state index contributed by atoms with van der Waals surface area (Å²) in [5.41, 5.74) is 7.68. The average molecular weight is 286 g/mol.